The van der Waals surface area contributed by atoms with E-state index in [1.165, 1.54) is 12.0 Å². The van der Waals surface area contributed by atoms with Crippen LogP contribution in [0.4, 0.5) is 10.7 Å². The average molecular weight is 328 g/mol. The van der Waals surface area contributed by atoms with Crippen molar-refractivity contribution in [2.24, 2.45) is 4.99 Å². The standard InChI is InChI=1S/C18H20N2O2S/c1-20(2)13-9-7-12(8-10-13)11-19-17-16(18(21)22-3)14-5-4-6-15(14)23-17/h7-11H,4-6H2,1-3H3. The number of fused-ring (bicyclic) bond motifs is 1. The molecule has 0 saturated heterocycles. The molecule has 1 aromatic carbocycles. The minimum absolute atomic E-state index is 0.278. The van der Waals surface area contributed by atoms with E-state index in [9.17, 15) is 4.79 Å². The Labute approximate surface area is 140 Å². The van der Waals surface area contributed by atoms with Crippen molar-refractivity contribution >= 4 is 34.2 Å². The van der Waals surface area contributed by atoms with Gasteiger partial charge in [-0.25, -0.2) is 9.79 Å². The summed E-state index contributed by atoms with van der Waals surface area (Å²) in [6, 6.07) is 8.16. The molecule has 2 aromatic rings. The fourth-order valence-corrected chi connectivity index (χ4v) is 4.01. The van der Waals surface area contributed by atoms with Gasteiger partial charge in [0.25, 0.3) is 0 Å². The van der Waals surface area contributed by atoms with Gasteiger partial charge in [-0.1, -0.05) is 12.1 Å². The molecule has 3 rings (SSSR count). The molecule has 0 atom stereocenters. The van der Waals surface area contributed by atoms with Crippen molar-refractivity contribution in [1.82, 2.24) is 0 Å². The van der Waals surface area contributed by atoms with Gasteiger partial charge in [-0.05, 0) is 42.5 Å². The highest BCUT2D eigenvalue weighted by Gasteiger charge is 2.26. The molecular formula is C18H20N2O2S. The summed E-state index contributed by atoms with van der Waals surface area (Å²) in [4.78, 5) is 20.0. The second kappa shape index (κ2) is 6.54. The molecule has 1 aliphatic rings. The van der Waals surface area contributed by atoms with Crippen LogP contribution in [0.25, 0.3) is 0 Å². The number of ether oxygens (including phenoxy) is 1. The zero-order chi connectivity index (χ0) is 16.4. The van der Waals surface area contributed by atoms with Crippen molar-refractivity contribution in [1.29, 1.82) is 0 Å². The lowest BCUT2D eigenvalue weighted by Gasteiger charge is -2.11. The molecule has 0 aliphatic heterocycles. The molecule has 0 fully saturated rings. The summed E-state index contributed by atoms with van der Waals surface area (Å²) in [6.45, 7) is 0. The molecule has 1 aromatic heterocycles. The van der Waals surface area contributed by atoms with Gasteiger partial charge < -0.3 is 9.64 Å². The van der Waals surface area contributed by atoms with Gasteiger partial charge in [-0.3, -0.25) is 0 Å². The van der Waals surface area contributed by atoms with Crippen LogP contribution in [0.1, 0.15) is 32.8 Å². The number of aliphatic imine (C=N–C) groups is 1. The van der Waals surface area contributed by atoms with Crippen molar-refractivity contribution in [3.63, 3.8) is 0 Å². The topological polar surface area (TPSA) is 41.9 Å². The van der Waals surface area contributed by atoms with Crippen LogP contribution in [-0.2, 0) is 17.6 Å². The van der Waals surface area contributed by atoms with Crippen LogP contribution in [0.5, 0.6) is 0 Å². The quantitative estimate of drug-likeness (QED) is 0.632. The second-order valence-corrected chi connectivity index (χ2v) is 6.86. The maximum Gasteiger partial charge on any atom is 0.341 e. The molecule has 4 nitrogen and oxygen atoms in total. The normalized spacial score (nSPS) is 13.3. The number of anilines is 1. The number of thiophene rings is 1. The first-order valence-electron chi connectivity index (χ1n) is 7.64. The average Bonchev–Trinajstić information content (AvgIpc) is 3.13. The molecule has 0 saturated carbocycles. The first-order valence-corrected chi connectivity index (χ1v) is 8.46. The Hall–Kier alpha value is -2.14. The van der Waals surface area contributed by atoms with E-state index in [0.717, 1.165) is 41.1 Å². The summed E-state index contributed by atoms with van der Waals surface area (Å²) in [5, 5.41) is 0.762. The number of esters is 1. The molecule has 0 radical (unpaired) electrons. The zero-order valence-corrected chi connectivity index (χ0v) is 14.4. The van der Waals surface area contributed by atoms with Crippen molar-refractivity contribution in [2.75, 3.05) is 26.1 Å². The van der Waals surface area contributed by atoms with Crippen LogP contribution in [0.15, 0.2) is 29.3 Å². The Bertz CT molecular complexity index is 745. The lowest BCUT2D eigenvalue weighted by molar-refractivity contribution is 0.0601. The predicted molar refractivity (Wildman–Crippen MR) is 95.7 cm³/mol. The number of carbonyl (C=O) groups is 1. The molecule has 0 spiro atoms. The third kappa shape index (κ3) is 3.15. The molecule has 0 N–H and O–H groups in total. The van der Waals surface area contributed by atoms with Crippen LogP contribution in [0.2, 0.25) is 0 Å². The highest BCUT2D eigenvalue weighted by Crippen LogP contribution is 2.41. The molecule has 120 valence electrons. The van der Waals surface area contributed by atoms with Crippen molar-refractivity contribution < 1.29 is 9.53 Å². The third-order valence-electron chi connectivity index (χ3n) is 4.03. The Kier molecular flexibility index (Phi) is 4.48. The summed E-state index contributed by atoms with van der Waals surface area (Å²) >= 11 is 1.61. The van der Waals surface area contributed by atoms with E-state index in [4.69, 9.17) is 4.74 Å². The Morgan fingerprint density at radius 1 is 1.26 bits per heavy atom. The number of hydrogen-bond acceptors (Lipinski definition) is 5. The smallest absolute Gasteiger partial charge is 0.341 e. The van der Waals surface area contributed by atoms with Crippen molar-refractivity contribution in [2.45, 2.75) is 19.3 Å². The van der Waals surface area contributed by atoms with Gasteiger partial charge in [-0.2, -0.15) is 0 Å². The van der Waals surface area contributed by atoms with E-state index >= 15 is 0 Å². The minimum Gasteiger partial charge on any atom is -0.465 e. The molecule has 0 amide bonds. The largest absolute Gasteiger partial charge is 0.465 e. The van der Waals surface area contributed by atoms with Crippen LogP contribution in [0.3, 0.4) is 0 Å². The van der Waals surface area contributed by atoms with Crippen LogP contribution in [0, 0.1) is 0 Å². The van der Waals surface area contributed by atoms with E-state index in [2.05, 4.69) is 22.0 Å². The lowest BCUT2D eigenvalue weighted by Crippen LogP contribution is -2.08. The molecule has 5 heteroatoms. The van der Waals surface area contributed by atoms with Crippen LogP contribution >= 0.6 is 11.3 Å². The highest BCUT2D eigenvalue weighted by atomic mass is 32.1. The van der Waals surface area contributed by atoms with E-state index < -0.39 is 0 Å². The summed E-state index contributed by atoms with van der Waals surface area (Å²) < 4.78 is 4.94. The number of nitrogens with zero attached hydrogens (tertiary/aromatic N) is 2. The lowest BCUT2D eigenvalue weighted by atomic mass is 10.1. The molecular weight excluding hydrogens is 308 g/mol. The fraction of sp³-hybridized carbons (Fsp3) is 0.333. The SMILES string of the molecule is COC(=O)c1c(N=Cc2ccc(N(C)C)cc2)sc2c1CCC2. The van der Waals surface area contributed by atoms with E-state index in [0.29, 0.717) is 5.56 Å². The Balaban J connectivity index is 1.89. The van der Waals surface area contributed by atoms with E-state index in [1.807, 2.05) is 32.4 Å². The first kappa shape index (κ1) is 15.7. The Morgan fingerprint density at radius 3 is 2.65 bits per heavy atom. The van der Waals surface area contributed by atoms with Gasteiger partial charge >= 0.3 is 5.97 Å². The predicted octanol–water partition coefficient (Wildman–Crippen LogP) is 3.84. The summed E-state index contributed by atoms with van der Waals surface area (Å²) in [5.74, 6) is -0.278. The fourth-order valence-electron chi connectivity index (χ4n) is 2.79. The number of aryl methyl sites for hydroxylation is 1. The monoisotopic (exact) mass is 328 g/mol. The molecule has 0 bridgehead atoms. The summed E-state index contributed by atoms with van der Waals surface area (Å²) in [5.41, 5.74) is 3.95. The third-order valence-corrected chi connectivity index (χ3v) is 5.23. The number of carbonyl (C=O) groups excluding carboxylic acids is 1. The van der Waals surface area contributed by atoms with E-state index in [-0.39, 0.29) is 5.97 Å². The maximum absolute atomic E-state index is 12.1. The second-order valence-electron chi connectivity index (χ2n) is 5.77. The van der Waals surface area contributed by atoms with Crippen LogP contribution in [-0.4, -0.2) is 33.4 Å². The number of benzene rings is 1. The Morgan fingerprint density at radius 2 is 2.00 bits per heavy atom. The van der Waals surface area contributed by atoms with Crippen LogP contribution < -0.4 is 4.90 Å². The van der Waals surface area contributed by atoms with Gasteiger partial charge in [0.15, 0.2) is 0 Å². The highest BCUT2D eigenvalue weighted by molar-refractivity contribution is 7.16. The first-order chi connectivity index (χ1) is 11.1. The molecule has 0 unspecified atom stereocenters. The van der Waals surface area contributed by atoms with E-state index in [1.54, 1.807) is 11.3 Å². The van der Waals surface area contributed by atoms with Crippen molar-refractivity contribution in [3.8, 4) is 0 Å². The number of rotatable bonds is 4. The minimum atomic E-state index is -0.278. The van der Waals surface area contributed by atoms with Gasteiger partial charge in [0.1, 0.15) is 5.00 Å². The summed E-state index contributed by atoms with van der Waals surface area (Å²) in [7, 11) is 5.45. The molecule has 1 aliphatic carbocycles. The number of methoxy groups -OCH3 is 1. The summed E-state index contributed by atoms with van der Waals surface area (Å²) in [6.07, 6.45) is 4.91. The zero-order valence-electron chi connectivity index (χ0n) is 13.6. The van der Waals surface area contributed by atoms with Gasteiger partial charge in [0, 0.05) is 30.9 Å². The van der Waals surface area contributed by atoms with Gasteiger partial charge in [-0.15, -0.1) is 11.3 Å². The van der Waals surface area contributed by atoms with Gasteiger partial charge in [0.05, 0.1) is 12.7 Å². The van der Waals surface area contributed by atoms with Crippen molar-refractivity contribution in [3.05, 3.63) is 45.8 Å². The maximum atomic E-state index is 12.1. The molecule has 23 heavy (non-hydrogen) atoms. The number of hydrogen-bond donors (Lipinski definition) is 0. The molecule has 1 heterocycles. The van der Waals surface area contributed by atoms with Gasteiger partial charge in [0.2, 0.25) is 0 Å².